The maximum absolute atomic E-state index is 10.9. The molecule has 0 aliphatic heterocycles. The van der Waals surface area contributed by atoms with Crippen LogP contribution in [-0.2, 0) is 4.79 Å². The van der Waals surface area contributed by atoms with Gasteiger partial charge in [0.25, 0.3) is 0 Å². The largest absolute Gasteiger partial charge is 0.340 e. The van der Waals surface area contributed by atoms with Crippen molar-refractivity contribution < 1.29 is 4.79 Å². The van der Waals surface area contributed by atoms with Crippen molar-refractivity contribution in [2.45, 2.75) is 13.8 Å². The topological polar surface area (TPSA) is 54.0 Å². The highest BCUT2D eigenvalue weighted by atomic mass is 79.9. The lowest BCUT2D eigenvalue weighted by Gasteiger charge is -2.09. The molecule has 19 heavy (non-hydrogen) atoms. The van der Waals surface area contributed by atoms with Crippen molar-refractivity contribution in [3.63, 3.8) is 0 Å². The minimum atomic E-state index is -0.105. The van der Waals surface area contributed by atoms with E-state index in [1.54, 1.807) is 6.20 Å². The second-order valence-corrected chi connectivity index (χ2v) is 5.11. The summed E-state index contributed by atoms with van der Waals surface area (Å²) in [5, 5.41) is 5.91. The lowest BCUT2D eigenvalue weighted by atomic mass is 10.2. The van der Waals surface area contributed by atoms with Crippen LogP contribution >= 0.6 is 15.9 Å². The molecule has 0 unspecified atom stereocenters. The first kappa shape index (κ1) is 13.5. The van der Waals surface area contributed by atoms with Crippen LogP contribution in [0.3, 0.4) is 0 Å². The molecular weight excluding hydrogens is 306 g/mol. The Balaban J connectivity index is 2.13. The Hall–Kier alpha value is -1.88. The number of aromatic nitrogens is 1. The molecular formula is C14H14BrN3O. The summed E-state index contributed by atoms with van der Waals surface area (Å²) in [6.07, 6.45) is 1.62. The Kier molecular flexibility index (Phi) is 4.16. The number of amides is 1. The van der Waals surface area contributed by atoms with E-state index in [-0.39, 0.29) is 5.91 Å². The van der Waals surface area contributed by atoms with Gasteiger partial charge >= 0.3 is 0 Å². The van der Waals surface area contributed by atoms with E-state index in [1.165, 1.54) is 6.92 Å². The van der Waals surface area contributed by atoms with Crippen molar-refractivity contribution in [1.82, 2.24) is 4.98 Å². The second-order valence-electron chi connectivity index (χ2n) is 4.20. The molecule has 0 fully saturated rings. The average molecular weight is 320 g/mol. The van der Waals surface area contributed by atoms with Gasteiger partial charge in [0.15, 0.2) is 0 Å². The van der Waals surface area contributed by atoms with E-state index in [1.807, 2.05) is 37.3 Å². The Morgan fingerprint density at radius 1 is 1.26 bits per heavy atom. The maximum atomic E-state index is 10.9. The number of halogens is 1. The van der Waals surface area contributed by atoms with Gasteiger partial charge in [-0.25, -0.2) is 4.98 Å². The lowest BCUT2D eigenvalue weighted by molar-refractivity contribution is -0.114. The van der Waals surface area contributed by atoms with E-state index in [2.05, 4.69) is 31.5 Å². The summed E-state index contributed by atoms with van der Waals surface area (Å²) in [6.45, 7) is 3.50. The molecule has 2 N–H and O–H groups in total. The zero-order chi connectivity index (χ0) is 13.8. The number of hydrogen-bond donors (Lipinski definition) is 2. The molecule has 1 heterocycles. The number of pyridine rings is 1. The van der Waals surface area contributed by atoms with Crippen molar-refractivity contribution >= 4 is 39.0 Å². The summed E-state index contributed by atoms with van der Waals surface area (Å²) < 4.78 is 1.05. The van der Waals surface area contributed by atoms with Gasteiger partial charge in [-0.05, 0) is 42.8 Å². The fourth-order valence-electron chi connectivity index (χ4n) is 1.65. The zero-order valence-electron chi connectivity index (χ0n) is 10.7. The summed E-state index contributed by atoms with van der Waals surface area (Å²) >= 11 is 3.43. The van der Waals surface area contributed by atoms with Crippen LogP contribution in [0.25, 0.3) is 0 Å². The van der Waals surface area contributed by atoms with Gasteiger partial charge in [0, 0.05) is 17.1 Å². The van der Waals surface area contributed by atoms with Gasteiger partial charge in [0.2, 0.25) is 5.91 Å². The molecule has 0 spiro atoms. The average Bonchev–Trinajstić information content (AvgIpc) is 2.34. The Labute approximate surface area is 120 Å². The van der Waals surface area contributed by atoms with Gasteiger partial charge < -0.3 is 10.6 Å². The van der Waals surface area contributed by atoms with Crippen LogP contribution in [0, 0.1) is 6.92 Å². The van der Waals surface area contributed by atoms with E-state index in [9.17, 15) is 4.79 Å². The minimum absolute atomic E-state index is 0.105. The van der Waals surface area contributed by atoms with Crippen molar-refractivity contribution in [3.05, 3.63) is 46.6 Å². The quantitative estimate of drug-likeness (QED) is 0.903. The first-order valence-corrected chi connectivity index (χ1v) is 6.61. The minimum Gasteiger partial charge on any atom is -0.340 e. The van der Waals surface area contributed by atoms with Gasteiger partial charge in [-0.3, -0.25) is 4.79 Å². The van der Waals surface area contributed by atoms with Crippen molar-refractivity contribution in [2.24, 2.45) is 0 Å². The normalized spacial score (nSPS) is 10.1. The van der Waals surface area contributed by atoms with Gasteiger partial charge in [-0.2, -0.15) is 0 Å². The monoisotopic (exact) mass is 319 g/mol. The maximum Gasteiger partial charge on any atom is 0.221 e. The summed E-state index contributed by atoms with van der Waals surface area (Å²) in [5.41, 5.74) is 2.82. The molecule has 98 valence electrons. The number of carbonyl (C=O) groups excluding carboxylic acids is 1. The van der Waals surface area contributed by atoms with Gasteiger partial charge in [-0.15, -0.1) is 0 Å². The lowest BCUT2D eigenvalue weighted by Crippen LogP contribution is -2.06. The molecule has 2 aromatic rings. The molecule has 2 rings (SSSR count). The molecule has 0 bridgehead atoms. The van der Waals surface area contributed by atoms with E-state index >= 15 is 0 Å². The summed E-state index contributed by atoms with van der Waals surface area (Å²) in [7, 11) is 0. The van der Waals surface area contributed by atoms with E-state index < -0.39 is 0 Å². The fourth-order valence-corrected chi connectivity index (χ4v) is 2.13. The smallest absolute Gasteiger partial charge is 0.221 e. The Bertz CT molecular complexity index is 596. The number of rotatable bonds is 3. The van der Waals surface area contributed by atoms with Crippen LogP contribution in [0.2, 0.25) is 0 Å². The summed E-state index contributed by atoms with van der Waals surface area (Å²) in [4.78, 5) is 15.2. The van der Waals surface area contributed by atoms with Crippen LogP contribution in [-0.4, -0.2) is 10.9 Å². The van der Waals surface area contributed by atoms with E-state index in [0.29, 0.717) is 5.69 Å². The first-order valence-electron chi connectivity index (χ1n) is 5.81. The number of anilines is 3. The predicted molar refractivity (Wildman–Crippen MR) is 80.7 cm³/mol. The Morgan fingerprint density at radius 2 is 2.05 bits per heavy atom. The van der Waals surface area contributed by atoms with Crippen LogP contribution in [0.4, 0.5) is 17.2 Å². The van der Waals surface area contributed by atoms with Crippen LogP contribution in [0.15, 0.2) is 41.0 Å². The highest BCUT2D eigenvalue weighted by Gasteiger charge is 2.01. The van der Waals surface area contributed by atoms with Crippen molar-refractivity contribution in [3.8, 4) is 0 Å². The standard InChI is InChI=1S/C14H14BrN3O/c1-9-7-11(15)3-5-13(9)18-14-6-4-12(8-16-14)17-10(2)19/h3-8H,1-2H3,(H,16,18)(H,17,19). The van der Waals surface area contributed by atoms with Crippen LogP contribution < -0.4 is 10.6 Å². The molecule has 0 radical (unpaired) electrons. The SMILES string of the molecule is CC(=O)Nc1ccc(Nc2ccc(Br)cc2C)nc1. The number of nitrogens with zero attached hydrogens (tertiary/aromatic N) is 1. The van der Waals surface area contributed by atoms with Crippen molar-refractivity contribution in [2.75, 3.05) is 10.6 Å². The van der Waals surface area contributed by atoms with Crippen LogP contribution in [0.5, 0.6) is 0 Å². The summed E-state index contributed by atoms with van der Waals surface area (Å²) in [5.74, 6) is 0.630. The third kappa shape index (κ3) is 3.79. The number of carbonyl (C=O) groups is 1. The number of benzene rings is 1. The van der Waals surface area contributed by atoms with Crippen LogP contribution in [0.1, 0.15) is 12.5 Å². The second kappa shape index (κ2) is 5.84. The molecule has 0 aliphatic carbocycles. The Morgan fingerprint density at radius 3 is 2.63 bits per heavy atom. The molecule has 0 saturated carbocycles. The molecule has 0 saturated heterocycles. The molecule has 0 aliphatic rings. The fraction of sp³-hybridized carbons (Fsp3) is 0.143. The third-order valence-electron chi connectivity index (χ3n) is 2.54. The van der Waals surface area contributed by atoms with Gasteiger partial charge in [0.1, 0.15) is 5.82 Å². The van der Waals surface area contributed by atoms with E-state index in [0.717, 1.165) is 21.5 Å². The van der Waals surface area contributed by atoms with E-state index in [4.69, 9.17) is 0 Å². The number of aryl methyl sites for hydroxylation is 1. The van der Waals surface area contributed by atoms with Gasteiger partial charge in [-0.1, -0.05) is 15.9 Å². The zero-order valence-corrected chi connectivity index (χ0v) is 12.3. The third-order valence-corrected chi connectivity index (χ3v) is 3.03. The molecule has 1 aromatic heterocycles. The molecule has 5 heteroatoms. The number of hydrogen-bond acceptors (Lipinski definition) is 3. The molecule has 4 nitrogen and oxygen atoms in total. The van der Waals surface area contributed by atoms with Gasteiger partial charge in [0.05, 0.1) is 11.9 Å². The molecule has 0 atom stereocenters. The first-order chi connectivity index (χ1) is 9.04. The highest BCUT2D eigenvalue weighted by Crippen LogP contribution is 2.23. The summed E-state index contributed by atoms with van der Waals surface area (Å²) in [6, 6.07) is 9.63. The number of nitrogens with one attached hydrogen (secondary N) is 2. The van der Waals surface area contributed by atoms with Crippen molar-refractivity contribution in [1.29, 1.82) is 0 Å². The predicted octanol–water partition coefficient (Wildman–Crippen LogP) is 3.85. The molecule has 1 aromatic carbocycles. The molecule has 1 amide bonds. The highest BCUT2D eigenvalue weighted by molar-refractivity contribution is 9.10.